The molecule has 0 unspecified atom stereocenters. The molecule has 110 valence electrons. The minimum absolute atomic E-state index is 0.380. The molecule has 2 aromatic carbocycles. The van der Waals surface area contributed by atoms with Gasteiger partial charge >= 0.3 is 6.03 Å². The van der Waals surface area contributed by atoms with E-state index < -0.39 is 0 Å². The zero-order chi connectivity index (χ0) is 15.1. The van der Waals surface area contributed by atoms with Crippen LogP contribution in [0, 0.1) is 5.82 Å². The first-order valence-corrected chi connectivity index (χ1v) is 6.69. The zero-order valence-corrected chi connectivity index (χ0v) is 11.7. The Morgan fingerprint density at radius 3 is 2.62 bits per heavy atom. The number of hydrogen-bond donors (Lipinski definition) is 2. The van der Waals surface area contributed by atoms with E-state index in [1.165, 1.54) is 18.2 Å². The molecular weight excluding hydrogens is 271 g/mol. The van der Waals surface area contributed by atoms with Crippen LogP contribution in [-0.4, -0.2) is 12.6 Å². The normalized spacial score (nSPS) is 10.0. The molecule has 21 heavy (non-hydrogen) atoms. The van der Waals surface area contributed by atoms with Crippen molar-refractivity contribution in [2.45, 2.75) is 13.5 Å². The van der Waals surface area contributed by atoms with Gasteiger partial charge in [-0.2, -0.15) is 0 Å². The minimum atomic E-state index is -0.390. The summed E-state index contributed by atoms with van der Waals surface area (Å²) in [5.74, 6) is 0.407. The molecule has 0 aromatic heterocycles. The van der Waals surface area contributed by atoms with E-state index in [1.807, 2.05) is 31.2 Å². The summed E-state index contributed by atoms with van der Waals surface area (Å²) < 4.78 is 18.3. The van der Waals surface area contributed by atoms with Crippen LogP contribution in [0.5, 0.6) is 5.75 Å². The van der Waals surface area contributed by atoms with Gasteiger partial charge in [-0.05, 0) is 42.8 Å². The largest absolute Gasteiger partial charge is 0.494 e. The molecule has 0 aliphatic carbocycles. The summed E-state index contributed by atoms with van der Waals surface area (Å²) in [7, 11) is 0. The molecule has 0 heterocycles. The van der Waals surface area contributed by atoms with Crippen LogP contribution in [0.1, 0.15) is 12.5 Å². The highest BCUT2D eigenvalue weighted by atomic mass is 19.1. The lowest BCUT2D eigenvalue weighted by Gasteiger charge is -2.08. The van der Waals surface area contributed by atoms with Crippen LogP contribution in [0.3, 0.4) is 0 Å². The Morgan fingerprint density at radius 2 is 1.95 bits per heavy atom. The number of benzene rings is 2. The highest BCUT2D eigenvalue weighted by Gasteiger charge is 2.02. The van der Waals surface area contributed by atoms with Crippen LogP contribution >= 0.6 is 0 Å². The smallest absolute Gasteiger partial charge is 0.319 e. The molecule has 0 saturated heterocycles. The second kappa shape index (κ2) is 7.28. The summed E-state index contributed by atoms with van der Waals surface area (Å²) in [5.41, 5.74) is 1.37. The van der Waals surface area contributed by atoms with Crippen LogP contribution in [0.4, 0.5) is 14.9 Å². The van der Waals surface area contributed by atoms with Crippen molar-refractivity contribution >= 4 is 11.7 Å². The number of carbonyl (C=O) groups is 1. The Morgan fingerprint density at radius 1 is 1.19 bits per heavy atom. The standard InChI is InChI=1S/C16H17FN2O2/c1-2-21-15-8-6-12(7-9-15)11-18-16(20)19-14-5-3-4-13(17)10-14/h3-10H,2,11H2,1H3,(H2,18,19,20). The van der Waals surface area contributed by atoms with Crippen LogP contribution < -0.4 is 15.4 Å². The summed E-state index contributed by atoms with van der Waals surface area (Å²) in [5, 5.41) is 5.27. The van der Waals surface area contributed by atoms with Gasteiger partial charge in [0.15, 0.2) is 0 Å². The number of carbonyl (C=O) groups excluding carboxylic acids is 1. The Balaban J connectivity index is 1.83. The fraction of sp³-hybridized carbons (Fsp3) is 0.188. The van der Waals surface area contributed by atoms with Gasteiger partial charge in [-0.1, -0.05) is 18.2 Å². The molecule has 0 spiro atoms. The third-order valence-corrected chi connectivity index (χ3v) is 2.77. The van der Waals surface area contributed by atoms with Crippen molar-refractivity contribution in [2.24, 2.45) is 0 Å². The van der Waals surface area contributed by atoms with Crippen LogP contribution in [0.15, 0.2) is 48.5 Å². The summed E-state index contributed by atoms with van der Waals surface area (Å²) >= 11 is 0. The Labute approximate surface area is 122 Å². The highest BCUT2D eigenvalue weighted by Crippen LogP contribution is 2.12. The lowest BCUT2D eigenvalue weighted by molar-refractivity contribution is 0.251. The second-order valence-electron chi connectivity index (χ2n) is 4.39. The number of amides is 2. The van der Waals surface area contributed by atoms with Gasteiger partial charge in [0.2, 0.25) is 0 Å². The van der Waals surface area contributed by atoms with Crippen LogP contribution in [0.25, 0.3) is 0 Å². The molecule has 2 N–H and O–H groups in total. The van der Waals surface area contributed by atoms with Gasteiger partial charge < -0.3 is 15.4 Å². The van der Waals surface area contributed by atoms with Gasteiger partial charge in [0, 0.05) is 12.2 Å². The predicted molar refractivity (Wildman–Crippen MR) is 79.9 cm³/mol. The lowest BCUT2D eigenvalue weighted by atomic mass is 10.2. The fourth-order valence-electron chi connectivity index (χ4n) is 1.79. The van der Waals surface area contributed by atoms with E-state index >= 15 is 0 Å². The van der Waals surface area contributed by atoms with Crippen molar-refractivity contribution in [2.75, 3.05) is 11.9 Å². The molecule has 2 amide bonds. The molecule has 0 saturated carbocycles. The highest BCUT2D eigenvalue weighted by molar-refractivity contribution is 5.89. The van der Waals surface area contributed by atoms with E-state index in [0.717, 1.165) is 11.3 Å². The third kappa shape index (κ3) is 4.80. The maximum Gasteiger partial charge on any atom is 0.319 e. The van der Waals surface area contributed by atoms with Crippen molar-refractivity contribution in [1.29, 1.82) is 0 Å². The van der Waals surface area contributed by atoms with E-state index in [1.54, 1.807) is 6.07 Å². The van der Waals surface area contributed by atoms with Crippen molar-refractivity contribution in [1.82, 2.24) is 5.32 Å². The number of urea groups is 1. The Hall–Kier alpha value is -2.56. The van der Waals surface area contributed by atoms with Gasteiger partial charge in [-0.25, -0.2) is 9.18 Å². The SMILES string of the molecule is CCOc1ccc(CNC(=O)Nc2cccc(F)c2)cc1. The van der Waals surface area contributed by atoms with Gasteiger partial charge in [0.05, 0.1) is 6.61 Å². The topological polar surface area (TPSA) is 50.4 Å². The third-order valence-electron chi connectivity index (χ3n) is 2.77. The quantitative estimate of drug-likeness (QED) is 0.884. The molecule has 5 heteroatoms. The molecule has 2 aromatic rings. The Kier molecular flexibility index (Phi) is 5.15. The van der Waals surface area contributed by atoms with Crippen molar-refractivity contribution < 1.29 is 13.9 Å². The fourth-order valence-corrected chi connectivity index (χ4v) is 1.79. The predicted octanol–water partition coefficient (Wildman–Crippen LogP) is 3.55. The molecule has 0 atom stereocenters. The summed E-state index contributed by atoms with van der Waals surface area (Å²) in [6, 6.07) is 12.8. The van der Waals surface area contributed by atoms with Crippen LogP contribution in [-0.2, 0) is 6.54 Å². The van der Waals surface area contributed by atoms with Crippen molar-refractivity contribution in [3.63, 3.8) is 0 Å². The molecule has 0 bridgehead atoms. The molecule has 2 rings (SSSR count). The van der Waals surface area contributed by atoms with E-state index in [4.69, 9.17) is 4.74 Å². The average molecular weight is 288 g/mol. The summed E-state index contributed by atoms with van der Waals surface area (Å²) in [6.07, 6.45) is 0. The Bertz CT molecular complexity index is 599. The van der Waals surface area contributed by atoms with E-state index in [0.29, 0.717) is 18.8 Å². The molecule has 0 radical (unpaired) electrons. The summed E-state index contributed by atoms with van der Waals surface area (Å²) in [6.45, 7) is 2.92. The van der Waals surface area contributed by atoms with Gasteiger partial charge in [0.1, 0.15) is 11.6 Å². The maximum atomic E-state index is 13.0. The number of ether oxygens (including phenoxy) is 1. The first-order valence-electron chi connectivity index (χ1n) is 6.69. The molecule has 0 aliphatic rings. The average Bonchev–Trinajstić information content (AvgIpc) is 2.47. The van der Waals surface area contributed by atoms with Crippen molar-refractivity contribution in [3.8, 4) is 5.75 Å². The number of halogens is 1. The molecule has 0 fully saturated rings. The van der Waals surface area contributed by atoms with Crippen molar-refractivity contribution in [3.05, 3.63) is 59.9 Å². The maximum absolute atomic E-state index is 13.0. The lowest BCUT2D eigenvalue weighted by Crippen LogP contribution is -2.28. The second-order valence-corrected chi connectivity index (χ2v) is 4.39. The summed E-state index contributed by atoms with van der Waals surface area (Å²) in [4.78, 5) is 11.7. The number of rotatable bonds is 5. The monoisotopic (exact) mass is 288 g/mol. The van der Waals surface area contributed by atoms with E-state index in [2.05, 4.69) is 10.6 Å². The van der Waals surface area contributed by atoms with Gasteiger partial charge in [-0.15, -0.1) is 0 Å². The number of anilines is 1. The van der Waals surface area contributed by atoms with Crippen LogP contribution in [0.2, 0.25) is 0 Å². The number of hydrogen-bond acceptors (Lipinski definition) is 2. The minimum Gasteiger partial charge on any atom is -0.494 e. The molecule has 0 aliphatic heterocycles. The van der Waals surface area contributed by atoms with E-state index in [9.17, 15) is 9.18 Å². The first-order chi connectivity index (χ1) is 10.2. The van der Waals surface area contributed by atoms with Gasteiger partial charge in [0.25, 0.3) is 0 Å². The molecule has 4 nitrogen and oxygen atoms in total. The number of nitrogens with one attached hydrogen (secondary N) is 2. The molecular formula is C16H17FN2O2. The zero-order valence-electron chi connectivity index (χ0n) is 11.7. The van der Waals surface area contributed by atoms with Gasteiger partial charge in [-0.3, -0.25) is 0 Å². The van der Waals surface area contributed by atoms with E-state index in [-0.39, 0.29) is 11.8 Å². The first kappa shape index (κ1) is 14.8.